The van der Waals surface area contributed by atoms with E-state index in [4.69, 9.17) is 4.74 Å². The minimum absolute atomic E-state index is 0.220. The van der Waals surface area contributed by atoms with Gasteiger partial charge in [0, 0.05) is 31.7 Å². The standard InChI is InChI=1S/C26H27N3O3/c1-28-14-16-29(17-15-28)24-13-12-22(26(31)32-2)18-23(24)27-25(30)21-10-8-20(9-11-21)19-6-4-3-5-7-19/h3-13,18H,14-17H2,1-2H3,(H,27,30). The molecule has 0 bridgehead atoms. The number of esters is 1. The van der Waals surface area contributed by atoms with E-state index >= 15 is 0 Å². The molecule has 3 aromatic rings. The van der Waals surface area contributed by atoms with E-state index in [9.17, 15) is 9.59 Å². The number of methoxy groups -OCH3 is 1. The molecule has 1 aliphatic rings. The number of ether oxygens (including phenoxy) is 1. The lowest BCUT2D eigenvalue weighted by Gasteiger charge is -2.35. The van der Waals surface area contributed by atoms with Crippen LogP contribution in [0, 0.1) is 0 Å². The molecule has 1 amide bonds. The summed E-state index contributed by atoms with van der Waals surface area (Å²) in [4.78, 5) is 29.6. The van der Waals surface area contributed by atoms with E-state index in [0.717, 1.165) is 43.0 Å². The largest absolute Gasteiger partial charge is 0.465 e. The lowest BCUT2D eigenvalue weighted by molar-refractivity contribution is 0.0600. The Morgan fingerprint density at radius 1 is 0.812 bits per heavy atom. The Labute approximate surface area is 188 Å². The van der Waals surface area contributed by atoms with E-state index in [0.29, 0.717) is 16.8 Å². The summed E-state index contributed by atoms with van der Waals surface area (Å²) in [5.41, 5.74) is 4.61. The Morgan fingerprint density at radius 3 is 2.09 bits per heavy atom. The normalized spacial score (nSPS) is 14.1. The number of anilines is 2. The smallest absolute Gasteiger partial charge is 0.337 e. The van der Waals surface area contributed by atoms with Gasteiger partial charge in [-0.3, -0.25) is 4.79 Å². The first-order valence-electron chi connectivity index (χ1n) is 10.7. The molecule has 1 saturated heterocycles. The van der Waals surface area contributed by atoms with Crippen molar-refractivity contribution in [1.82, 2.24) is 4.90 Å². The van der Waals surface area contributed by atoms with Crippen LogP contribution in [0.4, 0.5) is 11.4 Å². The summed E-state index contributed by atoms with van der Waals surface area (Å²) in [6.07, 6.45) is 0. The molecule has 0 saturated carbocycles. The number of piperazine rings is 1. The van der Waals surface area contributed by atoms with Crippen molar-refractivity contribution in [1.29, 1.82) is 0 Å². The van der Waals surface area contributed by atoms with Gasteiger partial charge in [0.2, 0.25) is 0 Å². The Morgan fingerprint density at radius 2 is 1.44 bits per heavy atom. The summed E-state index contributed by atoms with van der Waals surface area (Å²) in [5, 5.41) is 3.01. The van der Waals surface area contributed by atoms with E-state index in [1.54, 1.807) is 12.1 Å². The molecule has 0 aromatic heterocycles. The van der Waals surface area contributed by atoms with Crippen LogP contribution in [-0.4, -0.2) is 57.1 Å². The van der Waals surface area contributed by atoms with Crippen LogP contribution < -0.4 is 10.2 Å². The highest BCUT2D eigenvalue weighted by Gasteiger charge is 2.20. The third-order valence-corrected chi connectivity index (χ3v) is 5.76. The van der Waals surface area contributed by atoms with Gasteiger partial charge >= 0.3 is 5.97 Å². The maximum absolute atomic E-state index is 13.0. The maximum Gasteiger partial charge on any atom is 0.337 e. The molecule has 32 heavy (non-hydrogen) atoms. The van der Waals surface area contributed by atoms with Crippen molar-refractivity contribution in [3.8, 4) is 11.1 Å². The maximum atomic E-state index is 13.0. The van der Waals surface area contributed by atoms with Crippen LogP contribution in [0.1, 0.15) is 20.7 Å². The Balaban J connectivity index is 1.58. The fourth-order valence-electron chi connectivity index (χ4n) is 3.84. The fraction of sp³-hybridized carbons (Fsp3) is 0.231. The molecule has 6 heteroatoms. The van der Waals surface area contributed by atoms with Gasteiger partial charge in [-0.1, -0.05) is 42.5 Å². The topological polar surface area (TPSA) is 61.9 Å². The number of nitrogens with zero attached hydrogens (tertiary/aromatic N) is 2. The molecule has 6 nitrogen and oxygen atoms in total. The van der Waals surface area contributed by atoms with E-state index in [1.807, 2.05) is 60.7 Å². The van der Waals surface area contributed by atoms with Crippen molar-refractivity contribution in [3.63, 3.8) is 0 Å². The zero-order valence-corrected chi connectivity index (χ0v) is 18.4. The summed E-state index contributed by atoms with van der Waals surface area (Å²) in [5.74, 6) is -0.653. The quantitative estimate of drug-likeness (QED) is 0.618. The van der Waals surface area contributed by atoms with Crippen LogP contribution in [0.2, 0.25) is 0 Å². The molecular formula is C26H27N3O3. The van der Waals surface area contributed by atoms with Gasteiger partial charge in [-0.25, -0.2) is 4.79 Å². The number of hydrogen-bond acceptors (Lipinski definition) is 5. The van der Waals surface area contributed by atoms with Crippen molar-refractivity contribution >= 4 is 23.3 Å². The van der Waals surface area contributed by atoms with Crippen LogP contribution >= 0.6 is 0 Å². The number of nitrogens with one attached hydrogen (secondary N) is 1. The van der Waals surface area contributed by atoms with E-state index in [1.165, 1.54) is 7.11 Å². The minimum Gasteiger partial charge on any atom is -0.465 e. The number of likely N-dealkylation sites (N-methyl/N-ethyl adjacent to an activating group) is 1. The Kier molecular flexibility index (Phi) is 6.52. The molecule has 0 unspecified atom stereocenters. The molecule has 164 valence electrons. The molecule has 0 spiro atoms. The molecular weight excluding hydrogens is 402 g/mol. The van der Waals surface area contributed by atoms with Gasteiger partial charge in [0.25, 0.3) is 5.91 Å². The highest BCUT2D eigenvalue weighted by molar-refractivity contribution is 6.07. The third kappa shape index (κ3) is 4.81. The van der Waals surface area contributed by atoms with Crippen LogP contribution in [0.25, 0.3) is 11.1 Å². The summed E-state index contributed by atoms with van der Waals surface area (Å²) in [6, 6.07) is 22.9. The van der Waals surface area contributed by atoms with Gasteiger partial charge in [0.05, 0.1) is 24.0 Å². The van der Waals surface area contributed by atoms with Gasteiger partial charge in [-0.05, 0) is 48.5 Å². The third-order valence-electron chi connectivity index (χ3n) is 5.76. The van der Waals surface area contributed by atoms with Crippen molar-refractivity contribution in [3.05, 3.63) is 83.9 Å². The minimum atomic E-state index is -0.433. The molecule has 3 aromatic carbocycles. The van der Waals surface area contributed by atoms with Gasteiger partial charge in [0.15, 0.2) is 0 Å². The summed E-state index contributed by atoms with van der Waals surface area (Å²) in [7, 11) is 3.45. The van der Waals surface area contributed by atoms with Gasteiger partial charge in [-0.2, -0.15) is 0 Å². The first kappa shape index (κ1) is 21.6. The molecule has 1 fully saturated rings. The van der Waals surface area contributed by atoms with Crippen molar-refractivity contribution < 1.29 is 14.3 Å². The number of carbonyl (C=O) groups excluding carboxylic acids is 2. The summed E-state index contributed by atoms with van der Waals surface area (Å²) < 4.78 is 4.86. The molecule has 4 rings (SSSR count). The van der Waals surface area contributed by atoms with E-state index in [-0.39, 0.29) is 5.91 Å². The average Bonchev–Trinajstić information content (AvgIpc) is 2.85. The second kappa shape index (κ2) is 9.66. The molecule has 1 heterocycles. The molecule has 0 atom stereocenters. The summed E-state index contributed by atoms with van der Waals surface area (Å²) in [6.45, 7) is 3.58. The lowest BCUT2D eigenvalue weighted by atomic mass is 10.0. The summed E-state index contributed by atoms with van der Waals surface area (Å²) >= 11 is 0. The van der Waals surface area contributed by atoms with Crippen LogP contribution in [0.5, 0.6) is 0 Å². The fourth-order valence-corrected chi connectivity index (χ4v) is 3.84. The monoisotopic (exact) mass is 429 g/mol. The second-order valence-electron chi connectivity index (χ2n) is 7.91. The first-order chi connectivity index (χ1) is 15.5. The van der Waals surface area contributed by atoms with Crippen LogP contribution in [-0.2, 0) is 4.74 Å². The Bertz CT molecular complexity index is 1090. The number of carbonyl (C=O) groups is 2. The predicted octanol–water partition coefficient (Wildman–Crippen LogP) is 4.14. The van der Waals surface area contributed by atoms with E-state index in [2.05, 4.69) is 22.2 Å². The van der Waals surface area contributed by atoms with Crippen molar-refractivity contribution in [2.75, 3.05) is 50.6 Å². The molecule has 1 aliphatic heterocycles. The number of hydrogen-bond donors (Lipinski definition) is 1. The zero-order valence-electron chi connectivity index (χ0n) is 18.4. The van der Waals surface area contributed by atoms with Crippen LogP contribution in [0.3, 0.4) is 0 Å². The SMILES string of the molecule is COC(=O)c1ccc(N2CCN(C)CC2)c(NC(=O)c2ccc(-c3ccccc3)cc2)c1. The highest BCUT2D eigenvalue weighted by Crippen LogP contribution is 2.29. The van der Waals surface area contributed by atoms with Crippen LogP contribution in [0.15, 0.2) is 72.8 Å². The van der Waals surface area contributed by atoms with Gasteiger partial charge in [0.1, 0.15) is 0 Å². The highest BCUT2D eigenvalue weighted by atomic mass is 16.5. The predicted molar refractivity (Wildman–Crippen MR) is 127 cm³/mol. The first-order valence-corrected chi connectivity index (χ1v) is 10.7. The lowest BCUT2D eigenvalue weighted by Crippen LogP contribution is -2.44. The van der Waals surface area contributed by atoms with E-state index < -0.39 is 5.97 Å². The number of rotatable bonds is 5. The van der Waals surface area contributed by atoms with Crippen molar-refractivity contribution in [2.24, 2.45) is 0 Å². The molecule has 0 aliphatic carbocycles. The molecule has 0 radical (unpaired) electrons. The van der Waals surface area contributed by atoms with Gasteiger partial charge in [-0.15, -0.1) is 0 Å². The average molecular weight is 430 g/mol. The second-order valence-corrected chi connectivity index (χ2v) is 7.91. The zero-order chi connectivity index (χ0) is 22.5. The van der Waals surface area contributed by atoms with Crippen molar-refractivity contribution in [2.45, 2.75) is 0 Å². The molecule has 1 N–H and O–H groups in total. The number of benzene rings is 3. The Hall–Kier alpha value is -3.64. The van der Waals surface area contributed by atoms with Gasteiger partial charge < -0.3 is 19.9 Å². The number of amides is 1.